The zero-order valence-electron chi connectivity index (χ0n) is 19.0. The number of hydrogen-bond acceptors (Lipinski definition) is 6. The number of carbonyl (C=O) groups is 2. The maximum atomic E-state index is 12.7. The predicted molar refractivity (Wildman–Crippen MR) is 129 cm³/mol. The Hall–Kier alpha value is -2.42. The molecule has 3 rings (SSSR count). The average molecular weight is 459 g/mol. The fourth-order valence-electron chi connectivity index (χ4n) is 3.67. The highest BCUT2D eigenvalue weighted by atomic mass is 32.1. The third-order valence-corrected chi connectivity index (χ3v) is 6.29. The number of thiophene rings is 1. The van der Waals surface area contributed by atoms with E-state index in [0.29, 0.717) is 30.8 Å². The van der Waals surface area contributed by atoms with E-state index in [2.05, 4.69) is 10.2 Å². The Morgan fingerprint density at radius 2 is 1.91 bits per heavy atom. The summed E-state index contributed by atoms with van der Waals surface area (Å²) in [6.45, 7) is 9.52. The largest absolute Gasteiger partial charge is 0.398 e. The van der Waals surface area contributed by atoms with Crippen molar-refractivity contribution in [2.45, 2.75) is 39.3 Å². The molecule has 174 valence electrons. The molecular formula is C24H34N4O3S. The van der Waals surface area contributed by atoms with Crippen molar-refractivity contribution in [1.29, 1.82) is 0 Å². The number of rotatable bonds is 10. The van der Waals surface area contributed by atoms with Gasteiger partial charge in [0, 0.05) is 61.8 Å². The molecule has 7 nitrogen and oxygen atoms in total. The van der Waals surface area contributed by atoms with Crippen LogP contribution in [0.2, 0.25) is 0 Å². The van der Waals surface area contributed by atoms with Crippen LogP contribution in [0.3, 0.4) is 0 Å². The van der Waals surface area contributed by atoms with E-state index in [1.54, 1.807) is 0 Å². The van der Waals surface area contributed by atoms with Crippen LogP contribution in [-0.2, 0) is 17.7 Å². The highest BCUT2D eigenvalue weighted by molar-refractivity contribution is 7.08. The lowest BCUT2D eigenvalue weighted by atomic mass is 10.0. The van der Waals surface area contributed by atoms with Gasteiger partial charge >= 0.3 is 6.03 Å². The van der Waals surface area contributed by atoms with Gasteiger partial charge in [0.15, 0.2) is 5.78 Å². The van der Waals surface area contributed by atoms with E-state index in [-0.39, 0.29) is 17.9 Å². The van der Waals surface area contributed by atoms with E-state index < -0.39 is 0 Å². The number of anilines is 1. The van der Waals surface area contributed by atoms with Crippen molar-refractivity contribution in [2.75, 3.05) is 45.1 Å². The lowest BCUT2D eigenvalue weighted by molar-refractivity contribution is 0.0364. The van der Waals surface area contributed by atoms with Crippen LogP contribution in [-0.4, -0.2) is 67.0 Å². The molecule has 0 saturated carbocycles. The van der Waals surface area contributed by atoms with Crippen LogP contribution in [0.5, 0.6) is 0 Å². The third-order valence-electron chi connectivity index (χ3n) is 5.48. The van der Waals surface area contributed by atoms with Gasteiger partial charge in [0.1, 0.15) is 0 Å². The van der Waals surface area contributed by atoms with Crippen LogP contribution in [0.15, 0.2) is 35.0 Å². The van der Waals surface area contributed by atoms with Gasteiger partial charge in [-0.2, -0.15) is 0 Å². The van der Waals surface area contributed by atoms with Crippen molar-refractivity contribution in [3.8, 4) is 0 Å². The highest BCUT2D eigenvalue weighted by Gasteiger charge is 2.17. The van der Waals surface area contributed by atoms with Crippen molar-refractivity contribution >= 4 is 28.8 Å². The van der Waals surface area contributed by atoms with Crippen molar-refractivity contribution in [3.05, 3.63) is 51.7 Å². The Morgan fingerprint density at radius 3 is 2.53 bits per heavy atom. The monoisotopic (exact) mass is 458 g/mol. The average Bonchev–Trinajstić information content (AvgIpc) is 3.18. The first-order valence-corrected chi connectivity index (χ1v) is 12.1. The molecule has 2 aromatic rings. The van der Waals surface area contributed by atoms with Gasteiger partial charge in [-0.1, -0.05) is 24.3 Å². The Kier molecular flexibility index (Phi) is 9.08. The molecule has 0 bridgehead atoms. The molecule has 1 aliphatic heterocycles. The highest BCUT2D eigenvalue weighted by Crippen LogP contribution is 2.19. The molecule has 0 atom stereocenters. The molecule has 1 aliphatic rings. The van der Waals surface area contributed by atoms with E-state index in [1.807, 2.05) is 53.8 Å². The summed E-state index contributed by atoms with van der Waals surface area (Å²) in [4.78, 5) is 29.5. The van der Waals surface area contributed by atoms with Crippen molar-refractivity contribution in [1.82, 2.24) is 15.1 Å². The van der Waals surface area contributed by atoms with E-state index in [9.17, 15) is 9.59 Å². The molecule has 1 aromatic carbocycles. The lowest BCUT2D eigenvalue weighted by Gasteiger charge is -2.29. The number of urea groups is 1. The second-order valence-electron chi connectivity index (χ2n) is 8.48. The van der Waals surface area contributed by atoms with Crippen LogP contribution in [0.25, 0.3) is 0 Å². The van der Waals surface area contributed by atoms with Gasteiger partial charge in [-0.15, -0.1) is 11.3 Å². The van der Waals surface area contributed by atoms with E-state index >= 15 is 0 Å². The third kappa shape index (κ3) is 7.32. The molecule has 3 N–H and O–H groups in total. The first-order valence-electron chi connectivity index (χ1n) is 11.2. The summed E-state index contributed by atoms with van der Waals surface area (Å²) in [6.07, 6.45) is 1.21. The molecule has 0 radical (unpaired) electrons. The minimum Gasteiger partial charge on any atom is -0.398 e. The van der Waals surface area contributed by atoms with Crippen molar-refractivity contribution < 1.29 is 14.3 Å². The van der Waals surface area contributed by atoms with Gasteiger partial charge in [-0.05, 0) is 36.8 Å². The van der Waals surface area contributed by atoms with Gasteiger partial charge in [0.05, 0.1) is 13.2 Å². The minimum absolute atomic E-state index is 0.0431. The molecule has 2 heterocycles. The number of morpholine rings is 1. The van der Waals surface area contributed by atoms with Crippen LogP contribution in [0.4, 0.5) is 10.5 Å². The predicted octanol–water partition coefficient (Wildman–Crippen LogP) is 3.40. The summed E-state index contributed by atoms with van der Waals surface area (Å²) in [7, 11) is 0. The summed E-state index contributed by atoms with van der Waals surface area (Å²) in [5.41, 5.74) is 9.11. The van der Waals surface area contributed by atoms with Gasteiger partial charge in [-0.3, -0.25) is 9.69 Å². The first kappa shape index (κ1) is 24.2. The quantitative estimate of drug-likeness (QED) is 0.533. The molecule has 0 unspecified atom stereocenters. The normalized spacial score (nSPS) is 14.5. The zero-order chi connectivity index (χ0) is 22.9. The first-order chi connectivity index (χ1) is 15.4. The Morgan fingerprint density at radius 1 is 1.19 bits per heavy atom. The van der Waals surface area contributed by atoms with Crippen LogP contribution in [0.1, 0.15) is 41.8 Å². The second kappa shape index (κ2) is 12.0. The molecule has 2 amide bonds. The van der Waals surface area contributed by atoms with Gasteiger partial charge < -0.3 is 20.7 Å². The summed E-state index contributed by atoms with van der Waals surface area (Å²) in [5, 5.41) is 6.77. The van der Waals surface area contributed by atoms with Gasteiger partial charge in [-0.25, -0.2) is 4.79 Å². The van der Waals surface area contributed by atoms with E-state index in [0.717, 1.165) is 50.4 Å². The Balaban J connectivity index is 1.58. The number of ether oxygens (including phenoxy) is 1. The topological polar surface area (TPSA) is 87.9 Å². The van der Waals surface area contributed by atoms with Crippen molar-refractivity contribution in [3.63, 3.8) is 0 Å². The minimum atomic E-state index is -0.0601. The fraction of sp³-hybridized carbons (Fsp3) is 0.500. The van der Waals surface area contributed by atoms with E-state index in [4.69, 9.17) is 10.5 Å². The Bertz CT molecular complexity index is 876. The maximum Gasteiger partial charge on any atom is 0.317 e. The molecule has 1 saturated heterocycles. The number of nitrogen functional groups attached to an aromatic ring is 1. The Labute approximate surface area is 194 Å². The van der Waals surface area contributed by atoms with E-state index in [1.165, 1.54) is 11.3 Å². The van der Waals surface area contributed by atoms with Crippen molar-refractivity contribution in [2.24, 2.45) is 0 Å². The zero-order valence-corrected chi connectivity index (χ0v) is 19.8. The maximum absolute atomic E-state index is 12.7. The lowest BCUT2D eigenvalue weighted by Crippen LogP contribution is -2.44. The molecule has 1 aromatic heterocycles. The van der Waals surface area contributed by atoms with Crippen LogP contribution >= 0.6 is 11.3 Å². The van der Waals surface area contributed by atoms with Crippen LogP contribution < -0.4 is 11.1 Å². The number of nitrogens with one attached hydrogen (secondary N) is 1. The number of benzene rings is 1. The molecule has 0 spiro atoms. The number of hydrogen-bond donors (Lipinski definition) is 2. The summed E-state index contributed by atoms with van der Waals surface area (Å²) >= 11 is 1.50. The number of Topliss-reactive ketones (excluding diaryl/α,β-unsaturated/α-hetero) is 1. The molecular weight excluding hydrogens is 424 g/mol. The smallest absolute Gasteiger partial charge is 0.317 e. The van der Waals surface area contributed by atoms with Crippen LogP contribution in [0, 0.1) is 0 Å². The summed E-state index contributed by atoms with van der Waals surface area (Å²) in [5.74, 6) is 0.0431. The standard InChI is InChI=1S/C24H34N4O3S/c1-18(2)26-24(30)28(9-3-8-27-10-12-31-13-11-27)15-19-4-6-20(7-5-19)23(29)14-21-16-32-17-22(21)25/h4-7,16-18H,3,8-15,25H2,1-2H3,(H,26,30). The fourth-order valence-corrected chi connectivity index (χ4v) is 4.42. The second-order valence-corrected chi connectivity index (χ2v) is 9.23. The number of nitrogens with two attached hydrogens (primary N) is 1. The van der Waals surface area contributed by atoms with Gasteiger partial charge in [0.2, 0.25) is 0 Å². The molecule has 32 heavy (non-hydrogen) atoms. The SMILES string of the molecule is CC(C)NC(=O)N(CCCN1CCOCC1)Cc1ccc(C(=O)Cc2cscc2N)cc1. The number of ketones is 1. The summed E-state index contributed by atoms with van der Waals surface area (Å²) < 4.78 is 5.40. The van der Waals surface area contributed by atoms with Gasteiger partial charge in [0.25, 0.3) is 0 Å². The number of carbonyl (C=O) groups excluding carboxylic acids is 2. The molecule has 0 aliphatic carbocycles. The molecule has 8 heteroatoms. The summed E-state index contributed by atoms with van der Waals surface area (Å²) in [6, 6.07) is 7.56. The number of nitrogens with zero attached hydrogens (tertiary/aromatic N) is 2. The molecule has 1 fully saturated rings. The number of amides is 2.